The van der Waals surface area contributed by atoms with Crippen LogP contribution in [0.2, 0.25) is 5.02 Å². The molecule has 142 valence electrons. The van der Waals surface area contributed by atoms with Crippen molar-refractivity contribution in [3.63, 3.8) is 0 Å². The van der Waals surface area contributed by atoms with E-state index in [0.29, 0.717) is 17.8 Å². The zero-order valence-electron chi connectivity index (χ0n) is 14.1. The van der Waals surface area contributed by atoms with Gasteiger partial charge in [0.05, 0.1) is 29.7 Å². The van der Waals surface area contributed by atoms with Gasteiger partial charge in [0, 0.05) is 6.20 Å². The molecule has 0 saturated carbocycles. The highest BCUT2D eigenvalue weighted by Gasteiger charge is 2.30. The van der Waals surface area contributed by atoms with Gasteiger partial charge in [-0.25, -0.2) is 9.97 Å². The van der Waals surface area contributed by atoms with Crippen LogP contribution in [0.5, 0.6) is 0 Å². The molecule has 0 amide bonds. The minimum Gasteiger partial charge on any atom is -0.444 e. The van der Waals surface area contributed by atoms with Crippen LogP contribution in [0.3, 0.4) is 0 Å². The third-order valence-corrected chi connectivity index (χ3v) is 4.08. The third-order valence-electron chi connectivity index (χ3n) is 3.71. The van der Waals surface area contributed by atoms with Crippen molar-refractivity contribution in [1.29, 1.82) is 0 Å². The number of nitrogens with zero attached hydrogens (tertiary/aromatic N) is 4. The van der Waals surface area contributed by atoms with E-state index >= 15 is 0 Å². The van der Waals surface area contributed by atoms with Gasteiger partial charge < -0.3 is 9.73 Å². The summed E-state index contributed by atoms with van der Waals surface area (Å²) in [7, 11) is 0. The van der Waals surface area contributed by atoms with Crippen LogP contribution in [0.1, 0.15) is 22.9 Å². The van der Waals surface area contributed by atoms with Crippen molar-refractivity contribution in [2.75, 3.05) is 5.32 Å². The van der Waals surface area contributed by atoms with E-state index < -0.39 is 17.3 Å². The fourth-order valence-electron chi connectivity index (χ4n) is 2.18. The van der Waals surface area contributed by atoms with Crippen molar-refractivity contribution < 1.29 is 17.6 Å². The molecule has 0 saturated heterocycles. The molecule has 0 atom stereocenters. The Hall–Kier alpha value is -2.88. The average molecular weight is 400 g/mol. The summed E-state index contributed by atoms with van der Waals surface area (Å²) in [4.78, 5) is 20.2. The van der Waals surface area contributed by atoms with E-state index in [0.717, 1.165) is 22.5 Å². The maximum Gasteiger partial charge on any atom is 0.417 e. The summed E-state index contributed by atoms with van der Waals surface area (Å²) in [6.07, 6.45) is -2.63. The van der Waals surface area contributed by atoms with Crippen LogP contribution in [0, 0.1) is 13.8 Å². The van der Waals surface area contributed by atoms with Crippen LogP contribution in [-0.4, -0.2) is 19.7 Å². The number of hydrogen-bond acceptors (Lipinski definition) is 6. The Morgan fingerprint density at radius 1 is 1.26 bits per heavy atom. The molecule has 0 aliphatic carbocycles. The minimum atomic E-state index is -4.52. The lowest BCUT2D eigenvalue weighted by atomic mass is 10.3. The summed E-state index contributed by atoms with van der Waals surface area (Å²) in [5.74, 6) is 1.01. The standard InChI is InChI=1S/C16H13ClF3N5O2/c1-8-9(2)27-13(24-8)7-21-11-6-23-25(15(26)14(11)17)12-4-3-10(5-22-12)16(18,19)20/h3-6,21H,7H2,1-2H3. The summed E-state index contributed by atoms with van der Waals surface area (Å²) in [5, 5.41) is 6.60. The maximum absolute atomic E-state index is 12.6. The molecule has 3 aromatic rings. The Bertz CT molecular complexity index is 1010. The van der Waals surface area contributed by atoms with Gasteiger partial charge in [-0.1, -0.05) is 11.6 Å². The highest BCUT2D eigenvalue weighted by atomic mass is 35.5. The van der Waals surface area contributed by atoms with Crippen molar-refractivity contribution in [3.05, 3.63) is 62.8 Å². The molecule has 0 radical (unpaired) electrons. The van der Waals surface area contributed by atoms with Gasteiger partial charge in [0.25, 0.3) is 5.56 Å². The van der Waals surface area contributed by atoms with Crippen molar-refractivity contribution >= 4 is 17.3 Å². The van der Waals surface area contributed by atoms with Crippen molar-refractivity contribution in [2.45, 2.75) is 26.6 Å². The Kier molecular flexibility index (Phi) is 4.92. The summed E-state index contributed by atoms with van der Waals surface area (Å²) in [6, 6.07) is 1.85. The first-order chi connectivity index (χ1) is 12.7. The molecule has 0 fully saturated rings. The molecule has 7 nitrogen and oxygen atoms in total. The lowest BCUT2D eigenvalue weighted by Crippen LogP contribution is -2.23. The predicted octanol–water partition coefficient (Wildman–Crippen LogP) is 3.52. The first-order valence-corrected chi connectivity index (χ1v) is 8.03. The molecule has 1 N–H and O–H groups in total. The fraction of sp³-hybridized carbons (Fsp3) is 0.250. The molecule has 0 aliphatic heterocycles. The number of alkyl halides is 3. The van der Waals surface area contributed by atoms with E-state index in [2.05, 4.69) is 20.4 Å². The first-order valence-electron chi connectivity index (χ1n) is 7.65. The number of anilines is 1. The SMILES string of the molecule is Cc1nc(CNc2cnn(-c3ccc(C(F)(F)F)cn3)c(=O)c2Cl)oc1C. The van der Waals surface area contributed by atoms with E-state index in [9.17, 15) is 18.0 Å². The normalized spacial score (nSPS) is 11.6. The van der Waals surface area contributed by atoms with Crippen LogP contribution in [0.4, 0.5) is 18.9 Å². The average Bonchev–Trinajstić information content (AvgIpc) is 2.93. The van der Waals surface area contributed by atoms with E-state index in [4.69, 9.17) is 16.0 Å². The largest absolute Gasteiger partial charge is 0.444 e. The number of halogens is 4. The van der Waals surface area contributed by atoms with Crippen LogP contribution in [0.15, 0.2) is 33.7 Å². The number of hydrogen-bond donors (Lipinski definition) is 1. The number of rotatable bonds is 4. The van der Waals surface area contributed by atoms with E-state index in [-0.39, 0.29) is 23.1 Å². The lowest BCUT2D eigenvalue weighted by molar-refractivity contribution is -0.137. The van der Waals surface area contributed by atoms with Gasteiger partial charge in [-0.2, -0.15) is 23.0 Å². The van der Waals surface area contributed by atoms with Gasteiger partial charge in [-0.05, 0) is 26.0 Å². The monoisotopic (exact) mass is 399 g/mol. The molecule has 0 spiro atoms. The Labute approximate surface area is 155 Å². The van der Waals surface area contributed by atoms with E-state index in [1.165, 1.54) is 6.20 Å². The summed E-state index contributed by atoms with van der Waals surface area (Å²) in [6.45, 7) is 3.76. The third kappa shape index (κ3) is 3.95. The Morgan fingerprint density at radius 2 is 2.00 bits per heavy atom. The molecule has 0 aliphatic rings. The zero-order valence-corrected chi connectivity index (χ0v) is 14.9. The van der Waals surface area contributed by atoms with Gasteiger partial charge in [0.15, 0.2) is 5.82 Å². The number of aryl methyl sites for hydroxylation is 2. The molecular weight excluding hydrogens is 387 g/mol. The van der Waals surface area contributed by atoms with Crippen molar-refractivity contribution in [3.8, 4) is 5.82 Å². The first kappa shape index (κ1) is 18.9. The number of nitrogens with one attached hydrogen (secondary N) is 1. The number of oxazole rings is 1. The molecular formula is C16H13ClF3N5O2. The van der Waals surface area contributed by atoms with Gasteiger partial charge in [-0.3, -0.25) is 4.79 Å². The Morgan fingerprint density at radius 3 is 2.56 bits per heavy atom. The summed E-state index contributed by atoms with van der Waals surface area (Å²) < 4.78 is 44.0. The topological polar surface area (TPSA) is 85.8 Å². The van der Waals surface area contributed by atoms with Gasteiger partial charge in [0.1, 0.15) is 10.8 Å². The van der Waals surface area contributed by atoms with Gasteiger partial charge in [0.2, 0.25) is 5.89 Å². The molecule has 0 aromatic carbocycles. The molecule has 27 heavy (non-hydrogen) atoms. The second-order valence-electron chi connectivity index (χ2n) is 5.59. The molecule has 3 aromatic heterocycles. The van der Waals surface area contributed by atoms with Gasteiger partial charge >= 0.3 is 6.18 Å². The molecule has 3 heterocycles. The molecule has 0 unspecified atom stereocenters. The summed E-state index contributed by atoms with van der Waals surface area (Å²) >= 11 is 6.06. The highest BCUT2D eigenvalue weighted by Crippen LogP contribution is 2.28. The zero-order chi connectivity index (χ0) is 19.8. The van der Waals surface area contributed by atoms with Crippen molar-refractivity contribution in [2.24, 2.45) is 0 Å². The minimum absolute atomic E-state index is 0.0830. The fourth-order valence-corrected chi connectivity index (χ4v) is 2.38. The van der Waals surface area contributed by atoms with Crippen molar-refractivity contribution in [1.82, 2.24) is 19.7 Å². The highest BCUT2D eigenvalue weighted by molar-refractivity contribution is 6.32. The second kappa shape index (κ2) is 7.03. The maximum atomic E-state index is 12.6. The summed E-state index contributed by atoms with van der Waals surface area (Å²) in [5.41, 5.74) is -0.674. The van der Waals surface area contributed by atoms with Crippen LogP contribution >= 0.6 is 11.6 Å². The quantitative estimate of drug-likeness (QED) is 0.722. The Balaban J connectivity index is 1.83. The van der Waals surface area contributed by atoms with Crippen LogP contribution in [-0.2, 0) is 12.7 Å². The predicted molar refractivity (Wildman–Crippen MR) is 90.9 cm³/mol. The second-order valence-corrected chi connectivity index (χ2v) is 5.97. The molecule has 11 heteroatoms. The van der Waals surface area contributed by atoms with E-state index in [1.807, 2.05) is 0 Å². The number of pyridine rings is 1. The van der Waals surface area contributed by atoms with Gasteiger partial charge in [-0.15, -0.1) is 0 Å². The molecule has 0 bridgehead atoms. The van der Waals surface area contributed by atoms with Crippen LogP contribution in [0.25, 0.3) is 5.82 Å². The molecule has 3 rings (SSSR count). The number of aromatic nitrogens is 4. The van der Waals surface area contributed by atoms with Crippen LogP contribution < -0.4 is 10.9 Å². The smallest absolute Gasteiger partial charge is 0.417 e. The van der Waals surface area contributed by atoms with E-state index in [1.54, 1.807) is 13.8 Å². The lowest BCUT2D eigenvalue weighted by Gasteiger charge is -2.10.